The molecule has 0 fully saturated rings. The van der Waals surface area contributed by atoms with Gasteiger partial charge in [0.05, 0.1) is 12.1 Å². The van der Waals surface area contributed by atoms with E-state index in [0.29, 0.717) is 12.1 Å². The second kappa shape index (κ2) is 8.30. The highest BCUT2D eigenvalue weighted by Crippen LogP contribution is 2.37. The van der Waals surface area contributed by atoms with Crippen molar-refractivity contribution in [3.8, 4) is 6.07 Å². The maximum Gasteiger partial charge on any atom is 0.239 e. The molecule has 0 radical (unpaired) electrons. The first-order valence-electron chi connectivity index (χ1n) is 8.26. The Kier molecular flexibility index (Phi) is 6.41. The van der Waals surface area contributed by atoms with Crippen LogP contribution in [0.4, 0.5) is 5.00 Å². The zero-order valence-electron chi connectivity index (χ0n) is 13.6. The van der Waals surface area contributed by atoms with Gasteiger partial charge in [0.15, 0.2) is 0 Å². The molecule has 0 saturated heterocycles. The number of nitriles is 1. The Labute approximate surface area is 137 Å². The lowest BCUT2D eigenvalue weighted by Crippen LogP contribution is -2.34. The molecule has 4 nitrogen and oxygen atoms in total. The second-order valence-corrected chi connectivity index (χ2v) is 6.96. The van der Waals surface area contributed by atoms with Crippen LogP contribution in [0.25, 0.3) is 0 Å². The first-order valence-corrected chi connectivity index (χ1v) is 9.08. The van der Waals surface area contributed by atoms with Gasteiger partial charge in [-0.25, -0.2) is 0 Å². The van der Waals surface area contributed by atoms with Crippen molar-refractivity contribution in [1.82, 2.24) is 4.90 Å². The molecule has 0 aliphatic heterocycles. The van der Waals surface area contributed by atoms with Crippen LogP contribution in [0.3, 0.4) is 0 Å². The summed E-state index contributed by atoms with van der Waals surface area (Å²) in [4.78, 5) is 15.8. The number of aryl methyl sites for hydroxylation is 1. The van der Waals surface area contributed by atoms with Crippen LogP contribution < -0.4 is 5.32 Å². The molecule has 1 aliphatic carbocycles. The van der Waals surface area contributed by atoms with Gasteiger partial charge in [-0.15, -0.1) is 11.3 Å². The van der Waals surface area contributed by atoms with Crippen LogP contribution in [0.15, 0.2) is 0 Å². The molecule has 1 N–H and O–H groups in total. The lowest BCUT2D eigenvalue weighted by molar-refractivity contribution is -0.117. The topological polar surface area (TPSA) is 56.1 Å². The maximum atomic E-state index is 12.3. The molecule has 1 aromatic heterocycles. The van der Waals surface area contributed by atoms with Crippen molar-refractivity contribution in [2.45, 2.75) is 52.4 Å². The molecule has 22 heavy (non-hydrogen) atoms. The highest BCUT2D eigenvalue weighted by atomic mass is 32.1. The van der Waals surface area contributed by atoms with Gasteiger partial charge in [-0.05, 0) is 57.2 Å². The van der Waals surface area contributed by atoms with Crippen LogP contribution in [0.1, 0.15) is 55.5 Å². The lowest BCUT2D eigenvalue weighted by Gasteiger charge is -2.19. The van der Waals surface area contributed by atoms with Gasteiger partial charge in [0.25, 0.3) is 0 Å². The maximum absolute atomic E-state index is 12.3. The fraction of sp³-hybridized carbons (Fsp3) is 0.647. The summed E-state index contributed by atoms with van der Waals surface area (Å²) in [5.74, 6) is -0.00278. The molecule has 0 saturated carbocycles. The Hall–Kier alpha value is -1.38. The third-order valence-corrected chi connectivity index (χ3v) is 5.19. The van der Waals surface area contributed by atoms with Gasteiger partial charge in [-0.3, -0.25) is 9.69 Å². The first-order chi connectivity index (χ1) is 10.7. The number of thiophene rings is 1. The molecular formula is C17H25N3OS. The minimum absolute atomic E-state index is 0.00278. The van der Waals surface area contributed by atoms with E-state index < -0.39 is 0 Å². The zero-order chi connectivity index (χ0) is 15.9. The van der Waals surface area contributed by atoms with Gasteiger partial charge in [0.1, 0.15) is 11.1 Å². The number of rotatable bonds is 7. The summed E-state index contributed by atoms with van der Waals surface area (Å²) >= 11 is 1.60. The third kappa shape index (κ3) is 4.08. The van der Waals surface area contributed by atoms with E-state index in [1.54, 1.807) is 11.3 Å². The summed E-state index contributed by atoms with van der Waals surface area (Å²) < 4.78 is 0. The van der Waals surface area contributed by atoms with Crippen LogP contribution in [0.2, 0.25) is 0 Å². The summed E-state index contributed by atoms with van der Waals surface area (Å²) in [6.45, 7) is 6.54. The fourth-order valence-electron chi connectivity index (χ4n) is 3.04. The summed E-state index contributed by atoms with van der Waals surface area (Å²) in [7, 11) is 0. The van der Waals surface area contributed by atoms with Crippen molar-refractivity contribution in [3.63, 3.8) is 0 Å². The largest absolute Gasteiger partial charge is 0.315 e. The van der Waals surface area contributed by atoms with Gasteiger partial charge < -0.3 is 5.32 Å². The Balaban J connectivity index is 2.05. The molecule has 1 aromatic rings. The Bertz CT molecular complexity index is 553. The molecule has 120 valence electrons. The quantitative estimate of drug-likeness (QED) is 0.836. The number of fused-ring (bicyclic) bond motifs is 1. The molecule has 1 aliphatic rings. The monoisotopic (exact) mass is 319 g/mol. The van der Waals surface area contributed by atoms with Gasteiger partial charge in [-0.1, -0.05) is 13.8 Å². The Morgan fingerprint density at radius 2 is 1.95 bits per heavy atom. The van der Waals surface area contributed by atoms with Crippen LogP contribution in [-0.4, -0.2) is 30.4 Å². The zero-order valence-corrected chi connectivity index (χ0v) is 14.4. The van der Waals surface area contributed by atoms with E-state index in [1.807, 2.05) is 0 Å². The molecule has 0 aromatic carbocycles. The van der Waals surface area contributed by atoms with E-state index in [4.69, 9.17) is 0 Å². The van der Waals surface area contributed by atoms with E-state index in [-0.39, 0.29) is 5.91 Å². The van der Waals surface area contributed by atoms with E-state index in [1.165, 1.54) is 16.9 Å². The van der Waals surface area contributed by atoms with Crippen molar-refractivity contribution >= 4 is 22.2 Å². The average Bonchev–Trinajstić information content (AvgIpc) is 2.84. The molecule has 1 heterocycles. The smallest absolute Gasteiger partial charge is 0.239 e. The molecule has 0 unspecified atom stereocenters. The molecule has 0 spiro atoms. The third-order valence-electron chi connectivity index (χ3n) is 3.98. The molecule has 1 amide bonds. The van der Waals surface area contributed by atoms with Crippen LogP contribution in [-0.2, 0) is 17.6 Å². The van der Waals surface area contributed by atoms with Gasteiger partial charge in [-0.2, -0.15) is 5.26 Å². The van der Waals surface area contributed by atoms with Gasteiger partial charge >= 0.3 is 0 Å². The number of amides is 1. The van der Waals surface area contributed by atoms with Crippen molar-refractivity contribution in [2.24, 2.45) is 0 Å². The van der Waals surface area contributed by atoms with Crippen LogP contribution >= 0.6 is 11.3 Å². The Morgan fingerprint density at radius 3 is 2.59 bits per heavy atom. The van der Waals surface area contributed by atoms with Crippen LogP contribution in [0.5, 0.6) is 0 Å². The first kappa shape index (κ1) is 17.0. The number of anilines is 1. The highest BCUT2D eigenvalue weighted by Gasteiger charge is 2.22. The summed E-state index contributed by atoms with van der Waals surface area (Å²) in [5, 5.41) is 13.2. The predicted octanol–water partition coefficient (Wildman–Crippen LogP) is 3.56. The second-order valence-electron chi connectivity index (χ2n) is 5.85. The minimum atomic E-state index is -0.00278. The minimum Gasteiger partial charge on any atom is -0.315 e. The van der Waals surface area contributed by atoms with Crippen molar-refractivity contribution in [2.75, 3.05) is 25.0 Å². The molecular weight excluding hydrogens is 294 g/mol. The predicted molar refractivity (Wildman–Crippen MR) is 91.3 cm³/mol. The van der Waals surface area contributed by atoms with Crippen molar-refractivity contribution < 1.29 is 4.79 Å². The SMILES string of the molecule is CCCN(CCC)CC(=O)Nc1sc2c(c1C#N)CCCC2. The summed E-state index contributed by atoms with van der Waals surface area (Å²) in [6.07, 6.45) is 6.44. The van der Waals surface area contributed by atoms with Crippen LogP contribution in [0, 0.1) is 11.3 Å². The van der Waals surface area contributed by atoms with E-state index in [9.17, 15) is 10.1 Å². The molecule has 0 atom stereocenters. The number of carbonyl (C=O) groups excluding carboxylic acids is 1. The van der Waals surface area contributed by atoms with E-state index in [0.717, 1.165) is 50.2 Å². The number of carbonyl (C=O) groups is 1. The average molecular weight is 319 g/mol. The summed E-state index contributed by atoms with van der Waals surface area (Å²) in [5.41, 5.74) is 1.87. The molecule has 2 rings (SSSR count). The van der Waals surface area contributed by atoms with Crippen molar-refractivity contribution in [3.05, 3.63) is 16.0 Å². The number of hydrogen-bond acceptors (Lipinski definition) is 4. The fourth-order valence-corrected chi connectivity index (χ4v) is 4.30. The normalized spacial score (nSPS) is 13.7. The lowest BCUT2D eigenvalue weighted by atomic mass is 9.96. The number of hydrogen-bond donors (Lipinski definition) is 1. The number of nitrogens with zero attached hydrogens (tertiary/aromatic N) is 2. The highest BCUT2D eigenvalue weighted by molar-refractivity contribution is 7.16. The summed E-state index contributed by atoms with van der Waals surface area (Å²) in [6, 6.07) is 2.29. The Morgan fingerprint density at radius 1 is 1.27 bits per heavy atom. The molecule has 0 bridgehead atoms. The van der Waals surface area contributed by atoms with E-state index in [2.05, 4.69) is 30.1 Å². The van der Waals surface area contributed by atoms with Gasteiger partial charge in [0, 0.05) is 4.88 Å². The van der Waals surface area contributed by atoms with Gasteiger partial charge in [0.2, 0.25) is 5.91 Å². The number of nitrogens with one attached hydrogen (secondary N) is 1. The molecule has 5 heteroatoms. The standard InChI is InChI=1S/C17H25N3OS/c1-3-9-20(10-4-2)12-16(21)19-17-14(11-18)13-7-5-6-8-15(13)22-17/h3-10,12H2,1-2H3,(H,19,21). The van der Waals surface area contributed by atoms with E-state index >= 15 is 0 Å². The van der Waals surface area contributed by atoms with Crippen molar-refractivity contribution in [1.29, 1.82) is 5.26 Å².